The molecule has 0 spiro atoms. The van der Waals surface area contributed by atoms with E-state index in [-0.39, 0.29) is 25.0 Å². The van der Waals surface area contributed by atoms with Crippen molar-refractivity contribution in [2.75, 3.05) is 6.79 Å². The van der Waals surface area contributed by atoms with Crippen molar-refractivity contribution in [2.24, 2.45) is 0 Å². The van der Waals surface area contributed by atoms with Crippen LogP contribution in [0.2, 0.25) is 0 Å². The molecular formula is C21H23NO5. The molecule has 0 bridgehead atoms. The van der Waals surface area contributed by atoms with E-state index in [0.29, 0.717) is 18.0 Å². The van der Waals surface area contributed by atoms with Crippen LogP contribution in [0.4, 0.5) is 0 Å². The second kappa shape index (κ2) is 8.58. The number of hydrogen-bond donors (Lipinski definition) is 1. The fraction of sp³-hybridized carbons (Fsp3) is 0.333. The molecule has 0 radical (unpaired) electrons. The SMILES string of the molecule is C[C@H](OC(=O)C[C@H](C)c1ccccc1)C(=O)NCc1ccc2c(c1)OCO2. The molecule has 27 heavy (non-hydrogen) atoms. The molecule has 3 rings (SSSR count). The minimum absolute atomic E-state index is 0.0302. The van der Waals surface area contributed by atoms with Crippen LogP contribution in [0.25, 0.3) is 0 Å². The molecule has 0 saturated carbocycles. The zero-order valence-electron chi connectivity index (χ0n) is 15.4. The van der Waals surface area contributed by atoms with E-state index in [1.54, 1.807) is 13.0 Å². The molecule has 142 valence electrons. The van der Waals surface area contributed by atoms with Gasteiger partial charge in [0.05, 0.1) is 6.42 Å². The van der Waals surface area contributed by atoms with Crippen LogP contribution in [0.15, 0.2) is 48.5 Å². The van der Waals surface area contributed by atoms with E-state index >= 15 is 0 Å². The number of carbonyl (C=O) groups excluding carboxylic acids is 2. The van der Waals surface area contributed by atoms with Crippen LogP contribution >= 0.6 is 0 Å². The molecule has 0 aromatic heterocycles. The summed E-state index contributed by atoms with van der Waals surface area (Å²) in [6.07, 6.45) is -0.626. The average molecular weight is 369 g/mol. The van der Waals surface area contributed by atoms with Crippen molar-refractivity contribution in [3.63, 3.8) is 0 Å². The third kappa shape index (κ3) is 5.00. The molecular weight excluding hydrogens is 346 g/mol. The molecule has 1 heterocycles. The lowest BCUT2D eigenvalue weighted by Crippen LogP contribution is -2.35. The zero-order valence-corrected chi connectivity index (χ0v) is 15.4. The Hall–Kier alpha value is -3.02. The summed E-state index contributed by atoms with van der Waals surface area (Å²) in [5.74, 6) is 0.657. The van der Waals surface area contributed by atoms with Crippen molar-refractivity contribution in [1.29, 1.82) is 0 Å². The van der Waals surface area contributed by atoms with Crippen LogP contribution < -0.4 is 14.8 Å². The van der Waals surface area contributed by atoms with Crippen LogP contribution in [0.3, 0.4) is 0 Å². The fourth-order valence-electron chi connectivity index (χ4n) is 2.83. The van der Waals surface area contributed by atoms with Crippen molar-refractivity contribution in [3.8, 4) is 11.5 Å². The molecule has 6 nitrogen and oxygen atoms in total. The Balaban J connectivity index is 1.45. The largest absolute Gasteiger partial charge is 0.454 e. The summed E-state index contributed by atoms with van der Waals surface area (Å²) < 4.78 is 15.8. The van der Waals surface area contributed by atoms with Crippen LogP contribution in [0.1, 0.15) is 37.3 Å². The van der Waals surface area contributed by atoms with E-state index in [1.165, 1.54) is 0 Å². The first-order valence-electron chi connectivity index (χ1n) is 8.93. The highest BCUT2D eigenvalue weighted by molar-refractivity contribution is 5.83. The van der Waals surface area contributed by atoms with Gasteiger partial charge in [-0.05, 0) is 36.1 Å². The average Bonchev–Trinajstić information content (AvgIpc) is 3.14. The smallest absolute Gasteiger partial charge is 0.307 e. The van der Waals surface area contributed by atoms with E-state index in [2.05, 4.69) is 5.32 Å². The van der Waals surface area contributed by atoms with Gasteiger partial charge < -0.3 is 19.5 Å². The quantitative estimate of drug-likeness (QED) is 0.759. The third-order valence-electron chi connectivity index (χ3n) is 4.42. The molecule has 0 fully saturated rings. The Morgan fingerprint density at radius 3 is 2.59 bits per heavy atom. The lowest BCUT2D eigenvalue weighted by molar-refractivity contribution is -0.155. The minimum atomic E-state index is -0.852. The fourth-order valence-corrected chi connectivity index (χ4v) is 2.83. The van der Waals surface area contributed by atoms with Crippen LogP contribution in [0.5, 0.6) is 11.5 Å². The predicted octanol–water partition coefficient (Wildman–Crippen LogP) is 3.16. The van der Waals surface area contributed by atoms with E-state index in [0.717, 1.165) is 11.1 Å². The number of esters is 1. The van der Waals surface area contributed by atoms with E-state index in [9.17, 15) is 9.59 Å². The van der Waals surface area contributed by atoms with Gasteiger partial charge in [-0.2, -0.15) is 0 Å². The number of hydrogen-bond acceptors (Lipinski definition) is 5. The second-order valence-electron chi connectivity index (χ2n) is 6.55. The molecule has 1 aliphatic rings. The Kier molecular flexibility index (Phi) is 5.96. The number of amides is 1. The molecule has 0 aliphatic carbocycles. The molecule has 2 atom stereocenters. The second-order valence-corrected chi connectivity index (χ2v) is 6.55. The number of rotatable bonds is 7. The normalized spacial score (nSPS) is 14.3. The number of fused-ring (bicyclic) bond motifs is 1. The summed E-state index contributed by atoms with van der Waals surface area (Å²) in [6.45, 7) is 4.05. The first-order valence-corrected chi connectivity index (χ1v) is 8.93. The van der Waals surface area contributed by atoms with Gasteiger partial charge in [0, 0.05) is 6.54 Å². The minimum Gasteiger partial charge on any atom is -0.454 e. The van der Waals surface area contributed by atoms with E-state index < -0.39 is 12.1 Å². The first-order chi connectivity index (χ1) is 13.0. The maximum absolute atomic E-state index is 12.2. The highest BCUT2D eigenvalue weighted by Crippen LogP contribution is 2.32. The van der Waals surface area contributed by atoms with Gasteiger partial charge in [0.15, 0.2) is 17.6 Å². The van der Waals surface area contributed by atoms with Crippen molar-refractivity contribution in [3.05, 3.63) is 59.7 Å². The third-order valence-corrected chi connectivity index (χ3v) is 4.42. The molecule has 1 amide bonds. The first kappa shape index (κ1) is 18.8. The Morgan fingerprint density at radius 1 is 1.07 bits per heavy atom. The van der Waals surface area contributed by atoms with Gasteiger partial charge in [0.1, 0.15) is 0 Å². The van der Waals surface area contributed by atoms with Crippen molar-refractivity contribution in [1.82, 2.24) is 5.32 Å². The Labute approximate surface area is 158 Å². The molecule has 0 saturated heterocycles. The summed E-state index contributed by atoms with van der Waals surface area (Å²) in [7, 11) is 0. The van der Waals surface area contributed by atoms with Crippen molar-refractivity contribution < 1.29 is 23.8 Å². The summed E-state index contributed by atoms with van der Waals surface area (Å²) >= 11 is 0. The molecule has 0 unspecified atom stereocenters. The van der Waals surface area contributed by atoms with Crippen molar-refractivity contribution >= 4 is 11.9 Å². The standard InChI is InChI=1S/C21H23NO5/c1-14(17-6-4-3-5-7-17)10-20(23)27-15(2)21(24)22-12-16-8-9-18-19(11-16)26-13-25-18/h3-9,11,14-15H,10,12-13H2,1-2H3,(H,22,24)/t14-,15-/m0/s1. The summed E-state index contributed by atoms with van der Waals surface area (Å²) in [6, 6.07) is 15.2. The van der Waals surface area contributed by atoms with Gasteiger partial charge in [0.2, 0.25) is 6.79 Å². The van der Waals surface area contributed by atoms with E-state index in [4.69, 9.17) is 14.2 Å². The molecule has 1 N–H and O–H groups in total. The summed E-state index contributed by atoms with van der Waals surface area (Å²) in [4.78, 5) is 24.3. The van der Waals surface area contributed by atoms with Crippen molar-refractivity contribution in [2.45, 2.75) is 38.8 Å². The van der Waals surface area contributed by atoms with Gasteiger partial charge in [-0.1, -0.05) is 43.3 Å². The molecule has 2 aromatic carbocycles. The monoisotopic (exact) mass is 369 g/mol. The molecule has 6 heteroatoms. The zero-order chi connectivity index (χ0) is 19.2. The number of benzene rings is 2. The Bertz CT molecular complexity index is 805. The highest BCUT2D eigenvalue weighted by atomic mass is 16.7. The van der Waals surface area contributed by atoms with Gasteiger partial charge >= 0.3 is 5.97 Å². The maximum atomic E-state index is 12.2. The van der Waals surface area contributed by atoms with Crippen LogP contribution in [-0.4, -0.2) is 24.8 Å². The number of carbonyl (C=O) groups is 2. The van der Waals surface area contributed by atoms with Gasteiger partial charge in [-0.3, -0.25) is 9.59 Å². The van der Waals surface area contributed by atoms with Crippen LogP contribution in [-0.2, 0) is 20.9 Å². The van der Waals surface area contributed by atoms with E-state index in [1.807, 2.05) is 49.4 Å². The number of nitrogens with one attached hydrogen (secondary N) is 1. The number of ether oxygens (including phenoxy) is 3. The predicted molar refractivity (Wildman–Crippen MR) is 99.4 cm³/mol. The summed E-state index contributed by atoms with van der Waals surface area (Å²) in [5, 5.41) is 2.77. The van der Waals surface area contributed by atoms with Gasteiger partial charge in [-0.25, -0.2) is 0 Å². The van der Waals surface area contributed by atoms with Crippen LogP contribution in [0, 0.1) is 0 Å². The molecule has 1 aliphatic heterocycles. The maximum Gasteiger partial charge on any atom is 0.307 e. The van der Waals surface area contributed by atoms with Gasteiger partial charge in [0.25, 0.3) is 5.91 Å². The topological polar surface area (TPSA) is 73.9 Å². The van der Waals surface area contributed by atoms with Gasteiger partial charge in [-0.15, -0.1) is 0 Å². The molecule has 2 aromatic rings. The highest BCUT2D eigenvalue weighted by Gasteiger charge is 2.20. The Morgan fingerprint density at radius 2 is 1.81 bits per heavy atom. The lowest BCUT2D eigenvalue weighted by Gasteiger charge is -2.16. The lowest BCUT2D eigenvalue weighted by atomic mass is 9.98. The summed E-state index contributed by atoms with van der Waals surface area (Å²) in [5.41, 5.74) is 1.94.